The quantitative estimate of drug-likeness (QED) is 0.688. The first-order chi connectivity index (χ1) is 9.92. The summed E-state index contributed by atoms with van der Waals surface area (Å²) in [6.07, 6.45) is 2.66. The molecule has 1 aliphatic rings. The summed E-state index contributed by atoms with van der Waals surface area (Å²) in [5.41, 5.74) is 6.68. The highest BCUT2D eigenvalue weighted by molar-refractivity contribution is 7.89. The number of hydrogen-bond acceptors (Lipinski definition) is 4. The number of rotatable bonds is 7. The average molecular weight is 311 g/mol. The first-order valence-corrected chi connectivity index (χ1v) is 8.55. The van der Waals surface area contributed by atoms with Crippen molar-refractivity contribution in [3.63, 3.8) is 0 Å². The van der Waals surface area contributed by atoms with Gasteiger partial charge in [0.05, 0.1) is 11.4 Å². The summed E-state index contributed by atoms with van der Waals surface area (Å²) in [5, 5.41) is 2.73. The Hall–Kier alpha value is -1.44. The molecular weight excluding hydrogens is 290 g/mol. The highest BCUT2D eigenvalue weighted by atomic mass is 32.2. The number of amides is 1. The van der Waals surface area contributed by atoms with Crippen molar-refractivity contribution < 1.29 is 13.2 Å². The topological polar surface area (TPSA) is 101 Å². The predicted molar refractivity (Wildman–Crippen MR) is 80.0 cm³/mol. The van der Waals surface area contributed by atoms with Crippen LogP contribution in [0.3, 0.4) is 0 Å². The normalized spacial score (nSPS) is 16.5. The molecule has 1 saturated carbocycles. The second-order valence-corrected chi connectivity index (χ2v) is 7.02. The molecule has 0 radical (unpaired) electrons. The van der Waals surface area contributed by atoms with Gasteiger partial charge in [0.2, 0.25) is 15.9 Å². The second kappa shape index (κ2) is 6.55. The van der Waals surface area contributed by atoms with Gasteiger partial charge in [-0.1, -0.05) is 19.1 Å². The molecule has 6 nitrogen and oxygen atoms in total. The van der Waals surface area contributed by atoms with Gasteiger partial charge < -0.3 is 11.1 Å². The van der Waals surface area contributed by atoms with Crippen LogP contribution in [0, 0.1) is 0 Å². The summed E-state index contributed by atoms with van der Waals surface area (Å²) in [5.74, 6) is -0.303. The van der Waals surface area contributed by atoms with Gasteiger partial charge in [-0.15, -0.1) is 0 Å². The van der Waals surface area contributed by atoms with E-state index < -0.39 is 10.0 Å². The van der Waals surface area contributed by atoms with E-state index in [4.69, 9.17) is 5.73 Å². The van der Waals surface area contributed by atoms with Crippen molar-refractivity contribution in [3.8, 4) is 0 Å². The predicted octanol–water partition coefficient (Wildman–Crippen LogP) is 0.653. The van der Waals surface area contributed by atoms with Crippen LogP contribution in [0.25, 0.3) is 0 Å². The third-order valence-corrected chi connectivity index (χ3v) is 4.80. The Morgan fingerprint density at radius 1 is 1.43 bits per heavy atom. The van der Waals surface area contributed by atoms with Crippen molar-refractivity contribution in [3.05, 3.63) is 29.8 Å². The van der Waals surface area contributed by atoms with Crippen LogP contribution >= 0.6 is 0 Å². The lowest BCUT2D eigenvalue weighted by Crippen LogP contribution is -2.37. The lowest BCUT2D eigenvalue weighted by Gasteiger charge is -2.12. The van der Waals surface area contributed by atoms with E-state index >= 15 is 0 Å². The monoisotopic (exact) mass is 311 g/mol. The summed E-state index contributed by atoms with van der Waals surface area (Å²) in [7, 11) is -3.70. The van der Waals surface area contributed by atoms with Crippen LogP contribution in [0.4, 0.5) is 0 Å². The Balaban J connectivity index is 2.02. The van der Waals surface area contributed by atoms with Gasteiger partial charge in [0, 0.05) is 12.1 Å². The van der Waals surface area contributed by atoms with E-state index in [1.807, 2.05) is 6.92 Å². The van der Waals surface area contributed by atoms with Crippen LogP contribution in [0.1, 0.15) is 37.8 Å². The zero-order chi connectivity index (χ0) is 15.5. The SMILES string of the molecule is CCC(N)c1cccc(S(=O)(=O)NCC(=O)NC2CC2)c1. The minimum atomic E-state index is -3.70. The zero-order valence-electron chi connectivity index (χ0n) is 12.0. The van der Waals surface area contributed by atoms with E-state index in [0.29, 0.717) is 0 Å². The largest absolute Gasteiger partial charge is 0.352 e. The van der Waals surface area contributed by atoms with Crippen LogP contribution in [0.2, 0.25) is 0 Å². The van der Waals surface area contributed by atoms with Crippen LogP contribution in [0.5, 0.6) is 0 Å². The van der Waals surface area contributed by atoms with Gasteiger partial charge in [-0.2, -0.15) is 0 Å². The standard InChI is InChI=1S/C14H21N3O3S/c1-2-13(15)10-4-3-5-12(8-10)21(19,20)16-9-14(18)17-11-6-7-11/h3-5,8,11,13,16H,2,6-7,9,15H2,1H3,(H,17,18). The molecule has 1 atom stereocenters. The fourth-order valence-electron chi connectivity index (χ4n) is 1.90. The molecule has 116 valence electrons. The number of nitrogens with two attached hydrogens (primary N) is 1. The van der Waals surface area contributed by atoms with Crippen molar-refractivity contribution in [1.29, 1.82) is 0 Å². The van der Waals surface area contributed by atoms with E-state index in [2.05, 4.69) is 10.0 Å². The molecule has 1 amide bonds. The highest BCUT2D eigenvalue weighted by Crippen LogP contribution is 2.19. The lowest BCUT2D eigenvalue weighted by molar-refractivity contribution is -0.120. The van der Waals surface area contributed by atoms with Gasteiger partial charge in [0.25, 0.3) is 0 Å². The van der Waals surface area contributed by atoms with Gasteiger partial charge in [-0.25, -0.2) is 13.1 Å². The molecule has 0 aromatic heterocycles. The molecule has 0 saturated heterocycles. The van der Waals surface area contributed by atoms with E-state index in [1.54, 1.807) is 18.2 Å². The fourth-order valence-corrected chi connectivity index (χ4v) is 2.94. The van der Waals surface area contributed by atoms with Gasteiger partial charge in [-0.3, -0.25) is 4.79 Å². The smallest absolute Gasteiger partial charge is 0.241 e. The number of benzene rings is 1. The number of carbonyl (C=O) groups excluding carboxylic acids is 1. The highest BCUT2D eigenvalue weighted by Gasteiger charge is 2.24. The number of nitrogens with one attached hydrogen (secondary N) is 2. The van der Waals surface area contributed by atoms with Crippen LogP contribution in [-0.2, 0) is 14.8 Å². The Bertz CT molecular complexity index is 612. The molecule has 1 aromatic carbocycles. The Morgan fingerprint density at radius 2 is 2.14 bits per heavy atom. The Kier molecular flexibility index (Phi) is 4.97. The van der Waals surface area contributed by atoms with Crippen molar-refractivity contribution in [1.82, 2.24) is 10.0 Å². The fraction of sp³-hybridized carbons (Fsp3) is 0.500. The van der Waals surface area contributed by atoms with Gasteiger partial charge in [0.15, 0.2) is 0 Å². The minimum absolute atomic E-state index is 0.128. The summed E-state index contributed by atoms with van der Waals surface area (Å²) in [6, 6.07) is 6.52. The Labute approximate surface area is 125 Å². The number of hydrogen-bond donors (Lipinski definition) is 3. The third-order valence-electron chi connectivity index (χ3n) is 3.40. The van der Waals surface area contributed by atoms with Crippen molar-refractivity contribution in [2.24, 2.45) is 5.73 Å². The maximum atomic E-state index is 12.2. The first kappa shape index (κ1) is 15.9. The zero-order valence-corrected chi connectivity index (χ0v) is 12.8. The summed E-state index contributed by atoms with van der Waals surface area (Å²) >= 11 is 0. The summed E-state index contributed by atoms with van der Waals surface area (Å²) in [6.45, 7) is 1.69. The molecule has 1 aliphatic carbocycles. The van der Waals surface area contributed by atoms with E-state index in [-0.39, 0.29) is 29.4 Å². The van der Waals surface area contributed by atoms with Gasteiger partial charge in [-0.05, 0) is 37.0 Å². The lowest BCUT2D eigenvalue weighted by atomic mass is 10.1. The maximum Gasteiger partial charge on any atom is 0.241 e. The molecule has 4 N–H and O–H groups in total. The number of sulfonamides is 1. The molecule has 0 heterocycles. The summed E-state index contributed by atoms with van der Waals surface area (Å²) < 4.78 is 26.7. The van der Waals surface area contributed by atoms with Crippen LogP contribution in [0.15, 0.2) is 29.2 Å². The molecule has 1 aromatic rings. The molecule has 2 rings (SSSR count). The van der Waals surface area contributed by atoms with Crippen molar-refractivity contribution >= 4 is 15.9 Å². The van der Waals surface area contributed by atoms with Gasteiger partial charge in [0.1, 0.15) is 0 Å². The van der Waals surface area contributed by atoms with Crippen molar-refractivity contribution in [2.75, 3.05) is 6.54 Å². The van der Waals surface area contributed by atoms with E-state index in [1.165, 1.54) is 6.07 Å². The van der Waals surface area contributed by atoms with Crippen LogP contribution < -0.4 is 15.8 Å². The van der Waals surface area contributed by atoms with Crippen molar-refractivity contribution in [2.45, 2.75) is 43.2 Å². The molecule has 1 unspecified atom stereocenters. The molecule has 7 heteroatoms. The molecular formula is C14H21N3O3S. The summed E-state index contributed by atoms with van der Waals surface area (Å²) in [4.78, 5) is 11.7. The molecule has 1 fully saturated rings. The molecule has 21 heavy (non-hydrogen) atoms. The first-order valence-electron chi connectivity index (χ1n) is 7.07. The molecule has 0 bridgehead atoms. The van der Waals surface area contributed by atoms with E-state index in [0.717, 1.165) is 24.8 Å². The third kappa shape index (κ3) is 4.52. The maximum absolute atomic E-state index is 12.2. The van der Waals surface area contributed by atoms with E-state index in [9.17, 15) is 13.2 Å². The Morgan fingerprint density at radius 3 is 2.76 bits per heavy atom. The van der Waals surface area contributed by atoms with Crippen LogP contribution in [-0.4, -0.2) is 26.9 Å². The molecule has 0 aliphatic heterocycles. The average Bonchev–Trinajstić information content (AvgIpc) is 3.28. The van der Waals surface area contributed by atoms with Gasteiger partial charge >= 0.3 is 0 Å². The number of carbonyl (C=O) groups is 1. The molecule has 0 spiro atoms. The minimum Gasteiger partial charge on any atom is -0.352 e. The second-order valence-electron chi connectivity index (χ2n) is 5.25.